The van der Waals surface area contributed by atoms with E-state index in [9.17, 15) is 0 Å². The van der Waals surface area contributed by atoms with Crippen molar-refractivity contribution in [3.8, 4) is 0 Å². The molecule has 0 spiro atoms. The Balaban J connectivity index is 0. The van der Waals surface area contributed by atoms with Crippen molar-refractivity contribution < 1.29 is 0 Å². The summed E-state index contributed by atoms with van der Waals surface area (Å²) in [6.45, 7) is 1.98. The van der Waals surface area contributed by atoms with E-state index in [1.54, 1.807) is 6.20 Å². The summed E-state index contributed by atoms with van der Waals surface area (Å²) in [7, 11) is 1.89. The first-order valence-corrected chi connectivity index (χ1v) is 2.94. The SMILES string of the molecule is CNc1cccnc1C.Cl.Cl. The van der Waals surface area contributed by atoms with Gasteiger partial charge in [0.1, 0.15) is 0 Å². The Hall–Kier alpha value is -0.470. The standard InChI is InChI=1S/C7H10N2.2ClH/c1-6-7(8-2)4-3-5-9-6;;/h3-5,8H,1-2H3;2*1H. The van der Waals surface area contributed by atoms with Crippen LogP contribution in [-0.2, 0) is 0 Å². The van der Waals surface area contributed by atoms with Crippen molar-refractivity contribution in [1.82, 2.24) is 4.98 Å². The van der Waals surface area contributed by atoms with Crippen molar-refractivity contribution in [3.05, 3.63) is 24.0 Å². The highest BCUT2D eigenvalue weighted by Gasteiger charge is 1.90. The van der Waals surface area contributed by atoms with E-state index in [0.717, 1.165) is 11.4 Å². The fourth-order valence-corrected chi connectivity index (χ4v) is 0.748. The minimum atomic E-state index is 0. The maximum absolute atomic E-state index is 4.09. The van der Waals surface area contributed by atoms with Crippen LogP contribution in [0.2, 0.25) is 0 Å². The lowest BCUT2D eigenvalue weighted by Crippen LogP contribution is -1.92. The number of nitrogens with one attached hydrogen (secondary N) is 1. The lowest BCUT2D eigenvalue weighted by Gasteiger charge is -2.00. The minimum Gasteiger partial charge on any atom is -0.387 e. The number of aromatic nitrogens is 1. The van der Waals surface area contributed by atoms with Crippen LogP contribution < -0.4 is 5.32 Å². The molecule has 2 nitrogen and oxygen atoms in total. The molecule has 1 rings (SSSR count). The van der Waals surface area contributed by atoms with Gasteiger partial charge < -0.3 is 5.32 Å². The highest BCUT2D eigenvalue weighted by Crippen LogP contribution is 2.07. The minimum absolute atomic E-state index is 0. The molecule has 0 saturated heterocycles. The lowest BCUT2D eigenvalue weighted by atomic mass is 10.3. The molecule has 0 fully saturated rings. The van der Waals surface area contributed by atoms with Gasteiger partial charge in [-0.25, -0.2) is 0 Å². The van der Waals surface area contributed by atoms with Crippen LogP contribution in [0.5, 0.6) is 0 Å². The lowest BCUT2D eigenvalue weighted by molar-refractivity contribution is 1.19. The molecule has 0 aliphatic rings. The normalized spacial score (nSPS) is 7.45. The summed E-state index contributed by atoms with van der Waals surface area (Å²) in [5, 5.41) is 3.03. The summed E-state index contributed by atoms with van der Waals surface area (Å²) in [4.78, 5) is 4.09. The largest absolute Gasteiger partial charge is 0.387 e. The van der Waals surface area contributed by atoms with E-state index in [-0.39, 0.29) is 24.8 Å². The van der Waals surface area contributed by atoms with Gasteiger partial charge in [0.2, 0.25) is 0 Å². The van der Waals surface area contributed by atoms with Crippen molar-refractivity contribution >= 4 is 30.5 Å². The van der Waals surface area contributed by atoms with Crippen LogP contribution >= 0.6 is 24.8 Å². The van der Waals surface area contributed by atoms with Crippen molar-refractivity contribution in [2.24, 2.45) is 0 Å². The topological polar surface area (TPSA) is 24.9 Å². The predicted octanol–water partition coefficient (Wildman–Crippen LogP) is 2.28. The molecule has 64 valence electrons. The molecule has 11 heavy (non-hydrogen) atoms. The Morgan fingerprint density at radius 3 is 2.36 bits per heavy atom. The number of anilines is 1. The summed E-state index contributed by atoms with van der Waals surface area (Å²) >= 11 is 0. The molecule has 0 unspecified atom stereocenters. The van der Waals surface area contributed by atoms with Gasteiger partial charge in [0, 0.05) is 13.2 Å². The predicted molar refractivity (Wildman–Crippen MR) is 53.0 cm³/mol. The fourth-order valence-electron chi connectivity index (χ4n) is 0.748. The van der Waals surface area contributed by atoms with Gasteiger partial charge in [0.25, 0.3) is 0 Å². The number of aryl methyl sites for hydroxylation is 1. The molecule has 0 radical (unpaired) electrons. The third kappa shape index (κ3) is 3.44. The summed E-state index contributed by atoms with van der Waals surface area (Å²) in [6.07, 6.45) is 1.79. The second kappa shape index (κ2) is 6.25. The van der Waals surface area contributed by atoms with Crippen LogP contribution in [0, 0.1) is 6.92 Å². The number of rotatable bonds is 1. The van der Waals surface area contributed by atoms with Gasteiger partial charge in [0.15, 0.2) is 0 Å². The molecule has 0 aliphatic heterocycles. The van der Waals surface area contributed by atoms with E-state index in [1.807, 2.05) is 26.1 Å². The molecule has 0 atom stereocenters. The van der Waals surface area contributed by atoms with E-state index in [1.165, 1.54) is 0 Å². The first-order chi connectivity index (χ1) is 4.34. The molecule has 1 aromatic rings. The molecule has 4 heteroatoms. The number of halogens is 2. The Morgan fingerprint density at radius 1 is 1.36 bits per heavy atom. The molecule has 0 amide bonds. The van der Waals surface area contributed by atoms with Gasteiger partial charge in [-0.3, -0.25) is 4.98 Å². The van der Waals surface area contributed by atoms with Crippen LogP contribution in [0.3, 0.4) is 0 Å². The van der Waals surface area contributed by atoms with Crippen LogP contribution in [-0.4, -0.2) is 12.0 Å². The van der Waals surface area contributed by atoms with Crippen molar-refractivity contribution in [2.75, 3.05) is 12.4 Å². The average Bonchev–Trinajstić information content (AvgIpc) is 1.89. The first-order valence-electron chi connectivity index (χ1n) is 2.94. The van der Waals surface area contributed by atoms with Crippen molar-refractivity contribution in [3.63, 3.8) is 0 Å². The number of pyridine rings is 1. The quantitative estimate of drug-likeness (QED) is 0.743. The first kappa shape index (κ1) is 13.1. The van der Waals surface area contributed by atoms with Crippen molar-refractivity contribution in [2.45, 2.75) is 6.92 Å². The van der Waals surface area contributed by atoms with Gasteiger partial charge in [-0.1, -0.05) is 0 Å². The highest BCUT2D eigenvalue weighted by atomic mass is 35.5. The Labute approximate surface area is 79.2 Å². The van der Waals surface area contributed by atoms with Gasteiger partial charge in [-0.05, 0) is 19.1 Å². The third-order valence-electron chi connectivity index (χ3n) is 1.28. The zero-order chi connectivity index (χ0) is 6.69. The van der Waals surface area contributed by atoms with E-state index < -0.39 is 0 Å². The fraction of sp³-hybridized carbons (Fsp3) is 0.286. The van der Waals surface area contributed by atoms with Crippen LogP contribution in [0.15, 0.2) is 18.3 Å². The highest BCUT2D eigenvalue weighted by molar-refractivity contribution is 5.85. The zero-order valence-electron chi connectivity index (χ0n) is 6.50. The monoisotopic (exact) mass is 194 g/mol. The van der Waals surface area contributed by atoms with Gasteiger partial charge in [0.05, 0.1) is 11.4 Å². The molecule has 1 heterocycles. The van der Waals surface area contributed by atoms with E-state index in [2.05, 4.69) is 10.3 Å². The molecule has 0 bridgehead atoms. The second-order valence-electron chi connectivity index (χ2n) is 1.89. The van der Waals surface area contributed by atoms with Crippen molar-refractivity contribution in [1.29, 1.82) is 0 Å². The average molecular weight is 195 g/mol. The summed E-state index contributed by atoms with van der Waals surface area (Å²) in [5.41, 5.74) is 2.14. The zero-order valence-corrected chi connectivity index (χ0v) is 8.13. The smallest absolute Gasteiger partial charge is 0.0603 e. The van der Waals surface area contributed by atoms with Crippen LogP contribution in [0.25, 0.3) is 0 Å². The summed E-state index contributed by atoms with van der Waals surface area (Å²) in [6, 6.07) is 3.92. The maximum atomic E-state index is 4.09. The molecular weight excluding hydrogens is 183 g/mol. The Bertz CT molecular complexity index is 203. The second-order valence-corrected chi connectivity index (χ2v) is 1.89. The van der Waals surface area contributed by atoms with Gasteiger partial charge in [-0.2, -0.15) is 0 Å². The van der Waals surface area contributed by atoms with Gasteiger partial charge in [-0.15, -0.1) is 24.8 Å². The molecule has 0 aliphatic carbocycles. The molecular formula is C7H12Cl2N2. The summed E-state index contributed by atoms with van der Waals surface area (Å²) < 4.78 is 0. The van der Waals surface area contributed by atoms with Crippen LogP contribution in [0.1, 0.15) is 5.69 Å². The third-order valence-corrected chi connectivity index (χ3v) is 1.28. The molecule has 1 N–H and O–H groups in total. The van der Waals surface area contributed by atoms with Crippen LogP contribution in [0.4, 0.5) is 5.69 Å². The Kier molecular flexibility index (Phi) is 7.47. The molecule has 0 saturated carbocycles. The maximum Gasteiger partial charge on any atom is 0.0603 e. The summed E-state index contributed by atoms with van der Waals surface area (Å²) in [5.74, 6) is 0. The number of nitrogens with zero attached hydrogens (tertiary/aromatic N) is 1. The van der Waals surface area contributed by atoms with E-state index in [0.29, 0.717) is 0 Å². The molecule has 0 aromatic carbocycles. The molecule has 1 aromatic heterocycles. The van der Waals surface area contributed by atoms with Gasteiger partial charge >= 0.3 is 0 Å². The Morgan fingerprint density at radius 2 is 2.00 bits per heavy atom. The number of hydrogen-bond donors (Lipinski definition) is 1. The number of hydrogen-bond acceptors (Lipinski definition) is 2. The van der Waals surface area contributed by atoms with E-state index in [4.69, 9.17) is 0 Å². The van der Waals surface area contributed by atoms with E-state index >= 15 is 0 Å².